The van der Waals surface area contributed by atoms with Crippen molar-refractivity contribution in [3.05, 3.63) is 42.0 Å². The molecular formula is C18H21NO3S. The largest absolute Gasteiger partial charge is 0.496 e. The zero-order chi connectivity index (χ0) is 17.0. The van der Waals surface area contributed by atoms with Gasteiger partial charge < -0.3 is 9.57 Å². The number of carbonyl (C=O) groups excluding carboxylic acids is 1. The van der Waals surface area contributed by atoms with Gasteiger partial charge in [0.25, 0.3) is 5.91 Å². The van der Waals surface area contributed by atoms with Crippen molar-refractivity contribution in [2.45, 2.75) is 20.8 Å². The molecule has 5 heteroatoms. The molecule has 122 valence electrons. The molecule has 0 aliphatic rings. The minimum Gasteiger partial charge on any atom is -0.496 e. The van der Waals surface area contributed by atoms with Gasteiger partial charge in [-0.1, -0.05) is 44.2 Å². The molecule has 23 heavy (non-hydrogen) atoms. The van der Waals surface area contributed by atoms with E-state index in [0.29, 0.717) is 22.9 Å². The molecule has 0 aliphatic carbocycles. The van der Waals surface area contributed by atoms with Crippen LogP contribution in [0.15, 0.2) is 36.4 Å². The molecule has 2 rings (SSSR count). The zero-order valence-electron chi connectivity index (χ0n) is 13.8. The number of carbonyl (C=O) groups is 1. The number of amides is 1. The fraction of sp³-hybridized carbons (Fsp3) is 0.333. The molecule has 0 spiro atoms. The summed E-state index contributed by atoms with van der Waals surface area (Å²) in [5.41, 5.74) is 0.485. The van der Waals surface area contributed by atoms with E-state index in [9.17, 15) is 4.79 Å². The molecule has 1 amide bonds. The lowest BCUT2D eigenvalue weighted by atomic mass is 10.0. The second kappa shape index (κ2) is 7.42. The van der Waals surface area contributed by atoms with E-state index >= 15 is 0 Å². The van der Waals surface area contributed by atoms with Crippen LogP contribution in [0.1, 0.15) is 31.1 Å². The Morgan fingerprint density at radius 2 is 1.91 bits per heavy atom. The molecule has 2 aromatic rings. The van der Waals surface area contributed by atoms with E-state index in [1.54, 1.807) is 13.2 Å². The first-order valence-electron chi connectivity index (χ1n) is 7.59. The summed E-state index contributed by atoms with van der Waals surface area (Å²) in [6, 6.07) is 11.4. The normalized spacial score (nSPS) is 10.7. The first-order valence-corrected chi connectivity index (χ1v) is 7.99. The molecule has 0 saturated carbocycles. The topological polar surface area (TPSA) is 38.8 Å². The van der Waals surface area contributed by atoms with Crippen LogP contribution in [0.2, 0.25) is 0 Å². The van der Waals surface area contributed by atoms with Gasteiger partial charge in [-0.25, -0.2) is 0 Å². The van der Waals surface area contributed by atoms with Gasteiger partial charge in [0.05, 0.1) is 19.2 Å². The Kier molecular flexibility index (Phi) is 5.55. The molecule has 2 aromatic carbocycles. The van der Waals surface area contributed by atoms with E-state index < -0.39 is 0 Å². The number of hydrogen-bond acceptors (Lipinski definition) is 4. The van der Waals surface area contributed by atoms with E-state index in [1.165, 1.54) is 5.06 Å². The fourth-order valence-electron chi connectivity index (χ4n) is 2.23. The Labute approximate surface area is 141 Å². The SMILES string of the molecule is CCN(OC(=S)C(C)C)C(=O)c1c(OC)ccc2ccccc12. The van der Waals surface area contributed by atoms with Crippen molar-refractivity contribution in [3.63, 3.8) is 0 Å². The maximum Gasteiger partial charge on any atom is 0.290 e. The van der Waals surface area contributed by atoms with Crippen molar-refractivity contribution in [3.8, 4) is 5.75 Å². The Hall–Kier alpha value is -2.14. The molecule has 0 atom stereocenters. The van der Waals surface area contributed by atoms with E-state index in [4.69, 9.17) is 21.8 Å². The highest BCUT2D eigenvalue weighted by atomic mass is 32.1. The van der Waals surface area contributed by atoms with Crippen LogP contribution in [0.25, 0.3) is 10.8 Å². The molecule has 0 heterocycles. The van der Waals surface area contributed by atoms with Gasteiger partial charge >= 0.3 is 0 Å². The first kappa shape index (κ1) is 17.2. The van der Waals surface area contributed by atoms with E-state index in [2.05, 4.69) is 0 Å². The third-order valence-electron chi connectivity index (χ3n) is 3.51. The fourth-order valence-corrected chi connectivity index (χ4v) is 2.32. The number of methoxy groups -OCH3 is 1. The van der Waals surface area contributed by atoms with Crippen LogP contribution in [0.3, 0.4) is 0 Å². The summed E-state index contributed by atoms with van der Waals surface area (Å²) in [6.07, 6.45) is 0. The Bertz CT molecular complexity index is 727. The molecule has 0 unspecified atom stereocenters. The van der Waals surface area contributed by atoms with Gasteiger partial charge in [-0.2, -0.15) is 5.06 Å². The lowest BCUT2D eigenvalue weighted by molar-refractivity contribution is -0.0416. The predicted octanol–water partition coefficient (Wildman–Crippen LogP) is 4.23. The summed E-state index contributed by atoms with van der Waals surface area (Å²) in [7, 11) is 1.55. The molecule has 0 radical (unpaired) electrons. The van der Waals surface area contributed by atoms with Gasteiger partial charge in [-0.3, -0.25) is 4.79 Å². The molecule has 4 nitrogen and oxygen atoms in total. The van der Waals surface area contributed by atoms with E-state index in [1.807, 2.05) is 51.1 Å². The van der Waals surface area contributed by atoms with Crippen LogP contribution in [0.5, 0.6) is 5.75 Å². The number of hydrogen-bond donors (Lipinski definition) is 0. The minimum atomic E-state index is -0.260. The van der Waals surface area contributed by atoms with Crippen molar-refractivity contribution >= 4 is 33.9 Å². The highest BCUT2D eigenvalue weighted by Crippen LogP contribution is 2.29. The van der Waals surface area contributed by atoms with Crippen LogP contribution < -0.4 is 4.74 Å². The maximum absolute atomic E-state index is 13.0. The average molecular weight is 331 g/mol. The summed E-state index contributed by atoms with van der Waals surface area (Å²) in [6.45, 7) is 6.09. The van der Waals surface area contributed by atoms with Crippen molar-refractivity contribution in [2.75, 3.05) is 13.7 Å². The van der Waals surface area contributed by atoms with E-state index in [0.717, 1.165) is 10.8 Å². The summed E-state index contributed by atoms with van der Waals surface area (Å²) >= 11 is 5.20. The summed E-state index contributed by atoms with van der Waals surface area (Å²) in [4.78, 5) is 18.6. The quantitative estimate of drug-likeness (QED) is 0.621. The van der Waals surface area contributed by atoms with Crippen molar-refractivity contribution < 1.29 is 14.4 Å². The molecule has 0 aromatic heterocycles. The van der Waals surface area contributed by atoms with Gasteiger partial charge in [0.15, 0.2) is 5.05 Å². The zero-order valence-corrected chi connectivity index (χ0v) is 14.6. The smallest absolute Gasteiger partial charge is 0.290 e. The molecule has 0 saturated heterocycles. The number of thiocarbonyl (C=S) groups is 1. The van der Waals surface area contributed by atoms with Crippen molar-refractivity contribution in [1.82, 2.24) is 5.06 Å². The highest BCUT2D eigenvalue weighted by molar-refractivity contribution is 7.80. The second-order valence-electron chi connectivity index (χ2n) is 5.43. The monoisotopic (exact) mass is 331 g/mol. The van der Waals surface area contributed by atoms with Gasteiger partial charge in [-0.15, -0.1) is 0 Å². The number of benzene rings is 2. The van der Waals surface area contributed by atoms with Crippen molar-refractivity contribution in [1.29, 1.82) is 0 Å². The molecule has 0 N–H and O–H groups in total. The standard InChI is InChI=1S/C18H21NO3S/c1-5-19(22-18(23)12(2)3)17(20)16-14-9-7-6-8-13(14)10-11-15(16)21-4/h6-12H,5H2,1-4H3. The third kappa shape index (κ3) is 3.62. The molecular weight excluding hydrogens is 310 g/mol. The van der Waals surface area contributed by atoms with Gasteiger partial charge in [0.2, 0.25) is 0 Å². The summed E-state index contributed by atoms with van der Waals surface area (Å²) in [5.74, 6) is 0.316. The van der Waals surface area contributed by atoms with Crippen LogP contribution in [0, 0.1) is 5.92 Å². The lowest BCUT2D eigenvalue weighted by Gasteiger charge is -2.24. The molecule has 0 fully saturated rings. The van der Waals surface area contributed by atoms with Crippen LogP contribution in [-0.2, 0) is 4.84 Å². The first-order chi connectivity index (χ1) is 11.0. The summed E-state index contributed by atoms with van der Waals surface area (Å²) in [5, 5.41) is 3.47. The number of fused-ring (bicyclic) bond motifs is 1. The highest BCUT2D eigenvalue weighted by Gasteiger charge is 2.24. The second-order valence-corrected chi connectivity index (χ2v) is 5.83. The minimum absolute atomic E-state index is 0.0567. The number of nitrogens with zero attached hydrogens (tertiary/aromatic N) is 1. The number of ether oxygens (including phenoxy) is 1. The Morgan fingerprint density at radius 1 is 1.22 bits per heavy atom. The van der Waals surface area contributed by atoms with Gasteiger partial charge in [0, 0.05) is 5.92 Å². The van der Waals surface area contributed by atoms with Crippen LogP contribution in [-0.4, -0.2) is 29.7 Å². The number of hydroxylamine groups is 2. The third-order valence-corrected chi connectivity index (χ3v) is 4.06. The maximum atomic E-state index is 13.0. The lowest BCUT2D eigenvalue weighted by Crippen LogP contribution is -2.34. The van der Waals surface area contributed by atoms with Crippen molar-refractivity contribution in [2.24, 2.45) is 5.92 Å². The predicted molar refractivity (Wildman–Crippen MR) is 95.7 cm³/mol. The van der Waals surface area contributed by atoms with Gasteiger partial charge in [0.1, 0.15) is 5.75 Å². The van der Waals surface area contributed by atoms with Crippen LogP contribution >= 0.6 is 12.2 Å². The Morgan fingerprint density at radius 3 is 2.52 bits per heavy atom. The van der Waals surface area contributed by atoms with E-state index in [-0.39, 0.29) is 11.8 Å². The Balaban J connectivity index is 2.48. The summed E-state index contributed by atoms with van der Waals surface area (Å²) < 4.78 is 5.39. The number of rotatable bonds is 4. The van der Waals surface area contributed by atoms with Crippen LogP contribution in [0.4, 0.5) is 0 Å². The molecule has 0 aliphatic heterocycles. The molecule has 0 bridgehead atoms. The average Bonchev–Trinajstić information content (AvgIpc) is 2.57. The van der Waals surface area contributed by atoms with Gasteiger partial charge in [-0.05, 0) is 36.0 Å².